The first-order chi connectivity index (χ1) is 10.1. The number of hydrogen-bond donors (Lipinski definition) is 1. The maximum Gasteiger partial charge on any atom is 0.303 e. The molecule has 1 atom stereocenters. The first kappa shape index (κ1) is 13.8. The number of carbonyl (C=O) groups is 1. The van der Waals surface area contributed by atoms with Gasteiger partial charge < -0.3 is 10.0 Å². The van der Waals surface area contributed by atoms with Crippen LogP contribution in [0.3, 0.4) is 0 Å². The second kappa shape index (κ2) is 5.67. The number of fused-ring (bicyclic) bond motifs is 1. The van der Waals surface area contributed by atoms with Gasteiger partial charge in [0.05, 0.1) is 0 Å². The van der Waals surface area contributed by atoms with E-state index in [9.17, 15) is 4.79 Å². The van der Waals surface area contributed by atoms with Gasteiger partial charge in [0.15, 0.2) is 0 Å². The number of anilines is 1. The third kappa shape index (κ3) is 2.81. The molecule has 1 fully saturated rings. The summed E-state index contributed by atoms with van der Waals surface area (Å²) in [6.07, 6.45) is 5.64. The van der Waals surface area contributed by atoms with Gasteiger partial charge in [-0.3, -0.25) is 4.79 Å². The summed E-state index contributed by atoms with van der Waals surface area (Å²) in [6, 6.07) is 2.24. The Bertz CT molecular complexity index is 654. The highest BCUT2D eigenvalue weighted by Gasteiger charge is 2.25. The number of piperidine rings is 1. The fourth-order valence-electron chi connectivity index (χ4n) is 3.01. The molecule has 7 heteroatoms. The molecule has 7 nitrogen and oxygen atoms in total. The molecule has 0 bridgehead atoms. The number of aryl methyl sites for hydroxylation is 1. The summed E-state index contributed by atoms with van der Waals surface area (Å²) < 4.78 is 1.74. The van der Waals surface area contributed by atoms with Crippen molar-refractivity contribution >= 4 is 17.6 Å². The van der Waals surface area contributed by atoms with Crippen LogP contribution < -0.4 is 4.90 Å². The summed E-state index contributed by atoms with van der Waals surface area (Å²) in [5.74, 6) is 0.815. The maximum absolute atomic E-state index is 10.9. The SMILES string of the molecule is Cc1cc(N2CCCCC2CCC(=O)O)n2ncnc2n1. The van der Waals surface area contributed by atoms with Crippen molar-refractivity contribution in [1.29, 1.82) is 0 Å². The molecule has 0 radical (unpaired) electrons. The molecular weight excluding hydrogens is 270 g/mol. The number of hydrogen-bond acceptors (Lipinski definition) is 5. The Labute approximate surface area is 122 Å². The van der Waals surface area contributed by atoms with Crippen LogP contribution in [0.1, 0.15) is 37.8 Å². The Morgan fingerprint density at radius 2 is 2.33 bits per heavy atom. The summed E-state index contributed by atoms with van der Waals surface area (Å²) in [5.41, 5.74) is 0.896. The predicted octanol–water partition coefficient (Wildman–Crippen LogP) is 1.66. The third-order valence-corrected chi connectivity index (χ3v) is 3.97. The minimum Gasteiger partial charge on any atom is -0.481 e. The highest BCUT2D eigenvalue weighted by atomic mass is 16.4. The van der Waals surface area contributed by atoms with E-state index in [4.69, 9.17) is 5.11 Å². The lowest BCUT2D eigenvalue weighted by molar-refractivity contribution is -0.137. The van der Waals surface area contributed by atoms with Crippen LogP contribution in [-0.2, 0) is 4.79 Å². The van der Waals surface area contributed by atoms with Gasteiger partial charge in [-0.15, -0.1) is 0 Å². The molecule has 1 unspecified atom stereocenters. The van der Waals surface area contributed by atoms with Crippen LogP contribution in [0.4, 0.5) is 5.82 Å². The van der Waals surface area contributed by atoms with E-state index in [-0.39, 0.29) is 12.5 Å². The Morgan fingerprint density at radius 1 is 1.48 bits per heavy atom. The van der Waals surface area contributed by atoms with Gasteiger partial charge >= 0.3 is 5.97 Å². The monoisotopic (exact) mass is 289 g/mol. The number of nitrogens with zero attached hydrogens (tertiary/aromatic N) is 5. The smallest absolute Gasteiger partial charge is 0.303 e. The lowest BCUT2D eigenvalue weighted by atomic mass is 9.98. The van der Waals surface area contributed by atoms with Crippen molar-refractivity contribution in [1.82, 2.24) is 19.6 Å². The summed E-state index contributed by atoms with van der Waals surface area (Å²) in [7, 11) is 0. The van der Waals surface area contributed by atoms with Crippen molar-refractivity contribution in [2.45, 2.75) is 45.1 Å². The molecule has 3 rings (SSSR count). The molecule has 0 spiro atoms. The molecule has 0 saturated carbocycles. The number of rotatable bonds is 4. The molecule has 21 heavy (non-hydrogen) atoms. The number of aliphatic carboxylic acids is 1. The Morgan fingerprint density at radius 3 is 3.14 bits per heavy atom. The van der Waals surface area contributed by atoms with E-state index in [1.165, 1.54) is 6.33 Å². The van der Waals surface area contributed by atoms with Crippen molar-refractivity contribution in [2.24, 2.45) is 0 Å². The molecule has 1 aliphatic heterocycles. The summed E-state index contributed by atoms with van der Waals surface area (Å²) in [4.78, 5) is 21.6. The number of carboxylic acids is 1. The van der Waals surface area contributed by atoms with Gasteiger partial charge in [0.1, 0.15) is 12.1 Å². The van der Waals surface area contributed by atoms with Crippen molar-refractivity contribution in [3.63, 3.8) is 0 Å². The topological polar surface area (TPSA) is 83.6 Å². The zero-order valence-electron chi connectivity index (χ0n) is 12.1. The first-order valence-corrected chi connectivity index (χ1v) is 7.31. The van der Waals surface area contributed by atoms with Crippen molar-refractivity contribution in [2.75, 3.05) is 11.4 Å². The third-order valence-electron chi connectivity index (χ3n) is 3.97. The van der Waals surface area contributed by atoms with Gasteiger partial charge in [-0.25, -0.2) is 4.98 Å². The van der Waals surface area contributed by atoms with E-state index in [0.29, 0.717) is 12.2 Å². The zero-order chi connectivity index (χ0) is 14.8. The van der Waals surface area contributed by atoms with Crippen molar-refractivity contribution in [3.05, 3.63) is 18.1 Å². The second-order valence-electron chi connectivity index (χ2n) is 5.50. The van der Waals surface area contributed by atoms with Crippen LogP contribution in [0.15, 0.2) is 12.4 Å². The van der Waals surface area contributed by atoms with Crippen molar-refractivity contribution < 1.29 is 9.90 Å². The molecule has 3 heterocycles. The molecular formula is C14H19N5O2. The van der Waals surface area contributed by atoms with Gasteiger partial charge in [-0.2, -0.15) is 14.6 Å². The fraction of sp³-hybridized carbons (Fsp3) is 0.571. The second-order valence-corrected chi connectivity index (χ2v) is 5.50. The van der Waals surface area contributed by atoms with E-state index < -0.39 is 5.97 Å². The normalized spacial score (nSPS) is 19.1. The Balaban J connectivity index is 1.94. The van der Waals surface area contributed by atoms with Crippen LogP contribution in [0.5, 0.6) is 0 Å². The van der Waals surface area contributed by atoms with Crippen LogP contribution in [0.25, 0.3) is 5.78 Å². The van der Waals surface area contributed by atoms with Crippen LogP contribution in [-0.4, -0.2) is 43.2 Å². The van der Waals surface area contributed by atoms with Crippen LogP contribution in [0, 0.1) is 6.92 Å². The van der Waals surface area contributed by atoms with Gasteiger partial charge in [0.2, 0.25) is 0 Å². The molecule has 1 saturated heterocycles. The quantitative estimate of drug-likeness (QED) is 0.921. The summed E-state index contributed by atoms with van der Waals surface area (Å²) in [5, 5.41) is 13.2. The average Bonchev–Trinajstić information content (AvgIpc) is 2.92. The van der Waals surface area contributed by atoms with E-state index >= 15 is 0 Å². The molecule has 112 valence electrons. The van der Waals surface area contributed by atoms with Gasteiger partial charge in [-0.05, 0) is 32.6 Å². The van der Waals surface area contributed by atoms with E-state index in [2.05, 4.69) is 20.0 Å². The molecule has 2 aromatic heterocycles. The lowest BCUT2D eigenvalue weighted by Gasteiger charge is -2.37. The minimum absolute atomic E-state index is 0.200. The fourth-order valence-corrected chi connectivity index (χ4v) is 3.01. The van der Waals surface area contributed by atoms with Crippen molar-refractivity contribution in [3.8, 4) is 0 Å². The van der Waals surface area contributed by atoms with E-state index in [0.717, 1.165) is 37.3 Å². The molecule has 0 amide bonds. The standard InChI is InChI=1S/C14H19N5O2/c1-10-8-12(19-14(17-10)15-9-16-19)18-7-3-2-4-11(18)5-6-13(20)21/h8-9,11H,2-7H2,1H3,(H,20,21). The first-order valence-electron chi connectivity index (χ1n) is 7.31. The van der Waals surface area contributed by atoms with Gasteiger partial charge in [0.25, 0.3) is 5.78 Å². The molecule has 2 aromatic rings. The maximum atomic E-state index is 10.9. The average molecular weight is 289 g/mol. The number of carboxylic acid groups (broad SMARTS) is 1. The minimum atomic E-state index is -0.739. The predicted molar refractivity (Wildman–Crippen MR) is 77.4 cm³/mol. The van der Waals surface area contributed by atoms with Gasteiger partial charge in [0, 0.05) is 30.8 Å². The Kier molecular flexibility index (Phi) is 3.72. The number of aromatic nitrogens is 4. The molecule has 0 aromatic carbocycles. The van der Waals surface area contributed by atoms with Crippen LogP contribution >= 0.6 is 0 Å². The zero-order valence-corrected chi connectivity index (χ0v) is 12.1. The largest absolute Gasteiger partial charge is 0.481 e. The summed E-state index contributed by atoms with van der Waals surface area (Å²) >= 11 is 0. The highest BCUT2D eigenvalue weighted by Crippen LogP contribution is 2.27. The molecule has 1 N–H and O–H groups in total. The van der Waals surface area contributed by atoms with Gasteiger partial charge in [-0.1, -0.05) is 0 Å². The molecule has 1 aliphatic rings. The lowest BCUT2D eigenvalue weighted by Crippen LogP contribution is -2.41. The van der Waals surface area contributed by atoms with E-state index in [1.807, 2.05) is 13.0 Å². The Hall–Kier alpha value is -2.18. The molecule has 0 aliphatic carbocycles. The summed E-state index contributed by atoms with van der Waals surface area (Å²) in [6.45, 7) is 2.86. The van der Waals surface area contributed by atoms with Crippen LogP contribution in [0.2, 0.25) is 0 Å². The van der Waals surface area contributed by atoms with E-state index in [1.54, 1.807) is 4.52 Å². The highest BCUT2D eigenvalue weighted by molar-refractivity contribution is 5.66.